The summed E-state index contributed by atoms with van der Waals surface area (Å²) in [7, 11) is 0. The standard InChI is InChI=1S/C17H32N4O3/c1-13-6-4-5-7-14(13)19-16(22)11-24-20-15(18)10-21-8-9-23-17(2,3)12-21/h13-14H,4-12H2,1-3H3,(H2,18,20)(H,19,22)/t13-,14+/m1/s1. The molecule has 1 aliphatic carbocycles. The van der Waals surface area contributed by atoms with Crippen molar-refractivity contribution >= 4 is 11.7 Å². The number of oxime groups is 1. The van der Waals surface area contributed by atoms with Crippen LogP contribution in [0.1, 0.15) is 46.5 Å². The van der Waals surface area contributed by atoms with Gasteiger partial charge in [0.2, 0.25) is 0 Å². The lowest BCUT2D eigenvalue weighted by Gasteiger charge is -2.37. The lowest BCUT2D eigenvalue weighted by molar-refractivity contribution is -0.127. The molecule has 24 heavy (non-hydrogen) atoms. The van der Waals surface area contributed by atoms with Gasteiger partial charge in [-0.15, -0.1) is 0 Å². The Labute approximate surface area is 144 Å². The first-order valence-corrected chi connectivity index (χ1v) is 8.96. The molecule has 0 spiro atoms. The molecule has 0 radical (unpaired) electrons. The van der Waals surface area contributed by atoms with Crippen molar-refractivity contribution in [1.29, 1.82) is 0 Å². The van der Waals surface area contributed by atoms with Gasteiger partial charge in [0.25, 0.3) is 5.91 Å². The molecule has 2 aliphatic rings. The molecule has 0 aromatic heterocycles. The summed E-state index contributed by atoms with van der Waals surface area (Å²) >= 11 is 0. The van der Waals surface area contributed by atoms with Crippen molar-refractivity contribution in [2.24, 2.45) is 16.8 Å². The van der Waals surface area contributed by atoms with E-state index in [0.29, 0.717) is 24.9 Å². The monoisotopic (exact) mass is 340 g/mol. The van der Waals surface area contributed by atoms with Crippen LogP contribution in [0.2, 0.25) is 0 Å². The van der Waals surface area contributed by atoms with Gasteiger partial charge in [-0.2, -0.15) is 0 Å². The molecule has 0 bridgehead atoms. The number of nitrogens with one attached hydrogen (secondary N) is 1. The van der Waals surface area contributed by atoms with Gasteiger partial charge in [-0.3, -0.25) is 9.69 Å². The number of rotatable bonds is 6. The normalized spacial score (nSPS) is 28.4. The van der Waals surface area contributed by atoms with Gasteiger partial charge in [0.15, 0.2) is 12.4 Å². The van der Waals surface area contributed by atoms with Crippen molar-refractivity contribution in [3.8, 4) is 0 Å². The molecule has 0 aromatic carbocycles. The predicted octanol–water partition coefficient (Wildman–Crippen LogP) is 1.08. The van der Waals surface area contributed by atoms with Crippen molar-refractivity contribution in [1.82, 2.24) is 10.2 Å². The second kappa shape index (κ2) is 8.67. The molecule has 1 saturated carbocycles. The Morgan fingerprint density at radius 2 is 2.17 bits per heavy atom. The van der Waals surface area contributed by atoms with E-state index in [4.69, 9.17) is 15.3 Å². The summed E-state index contributed by atoms with van der Waals surface area (Å²) in [6.45, 7) is 9.03. The van der Waals surface area contributed by atoms with Gasteiger partial charge < -0.3 is 20.6 Å². The lowest BCUT2D eigenvalue weighted by atomic mass is 9.86. The van der Waals surface area contributed by atoms with Crippen LogP contribution in [0.3, 0.4) is 0 Å². The highest BCUT2D eigenvalue weighted by Crippen LogP contribution is 2.23. The van der Waals surface area contributed by atoms with Crippen molar-refractivity contribution in [2.75, 3.05) is 32.8 Å². The van der Waals surface area contributed by atoms with E-state index in [9.17, 15) is 4.79 Å². The molecule has 2 fully saturated rings. The number of amidine groups is 1. The number of amides is 1. The molecule has 0 aromatic rings. The first kappa shape index (κ1) is 19.0. The highest BCUT2D eigenvalue weighted by Gasteiger charge is 2.27. The molecule has 1 amide bonds. The predicted molar refractivity (Wildman–Crippen MR) is 93.6 cm³/mol. The molecule has 7 heteroatoms. The van der Waals surface area contributed by atoms with Gasteiger partial charge in [0, 0.05) is 19.1 Å². The number of hydrogen-bond donors (Lipinski definition) is 2. The van der Waals surface area contributed by atoms with Crippen LogP contribution in [0.25, 0.3) is 0 Å². The van der Waals surface area contributed by atoms with Gasteiger partial charge in [-0.25, -0.2) is 0 Å². The van der Waals surface area contributed by atoms with Crippen molar-refractivity contribution in [3.05, 3.63) is 0 Å². The topological polar surface area (TPSA) is 89.2 Å². The Hall–Kier alpha value is -1.34. The number of hydrogen-bond acceptors (Lipinski definition) is 5. The summed E-state index contributed by atoms with van der Waals surface area (Å²) in [6.07, 6.45) is 4.65. The van der Waals surface area contributed by atoms with E-state index in [0.717, 1.165) is 19.5 Å². The summed E-state index contributed by atoms with van der Waals surface area (Å²) in [5.41, 5.74) is 5.73. The highest BCUT2D eigenvalue weighted by molar-refractivity contribution is 5.82. The van der Waals surface area contributed by atoms with Gasteiger partial charge in [0.05, 0.1) is 18.8 Å². The molecule has 2 rings (SSSR count). The molecular weight excluding hydrogens is 308 g/mol. The Kier molecular flexibility index (Phi) is 6.86. The maximum absolute atomic E-state index is 11.9. The van der Waals surface area contributed by atoms with Crippen molar-refractivity contribution in [2.45, 2.75) is 58.1 Å². The molecule has 1 saturated heterocycles. The zero-order chi connectivity index (χ0) is 17.6. The van der Waals surface area contributed by atoms with E-state index in [1.807, 2.05) is 0 Å². The fraction of sp³-hybridized carbons (Fsp3) is 0.882. The Morgan fingerprint density at radius 1 is 1.42 bits per heavy atom. The number of carbonyl (C=O) groups is 1. The maximum atomic E-state index is 11.9. The average Bonchev–Trinajstić information content (AvgIpc) is 2.48. The fourth-order valence-electron chi connectivity index (χ4n) is 3.46. The van der Waals surface area contributed by atoms with Crippen molar-refractivity contribution in [3.63, 3.8) is 0 Å². The number of morpholine rings is 1. The molecule has 2 atom stereocenters. The molecule has 1 heterocycles. The van der Waals surface area contributed by atoms with Crippen LogP contribution in [0.15, 0.2) is 5.16 Å². The second-order valence-corrected chi connectivity index (χ2v) is 7.61. The van der Waals surface area contributed by atoms with Crippen LogP contribution >= 0.6 is 0 Å². The zero-order valence-corrected chi connectivity index (χ0v) is 15.2. The Bertz CT molecular complexity index is 453. The third kappa shape index (κ3) is 6.28. The first-order chi connectivity index (χ1) is 11.4. The van der Waals surface area contributed by atoms with Crippen LogP contribution in [0, 0.1) is 5.92 Å². The largest absolute Gasteiger partial charge is 0.384 e. The number of carbonyl (C=O) groups excluding carboxylic acids is 1. The Balaban J connectivity index is 1.67. The molecule has 0 unspecified atom stereocenters. The van der Waals surface area contributed by atoms with Gasteiger partial charge in [-0.1, -0.05) is 24.9 Å². The number of nitrogens with zero attached hydrogens (tertiary/aromatic N) is 2. The quantitative estimate of drug-likeness (QED) is 0.429. The van der Waals surface area contributed by atoms with E-state index < -0.39 is 0 Å². The van der Waals surface area contributed by atoms with E-state index in [1.165, 1.54) is 19.3 Å². The fourth-order valence-corrected chi connectivity index (χ4v) is 3.46. The minimum absolute atomic E-state index is 0.0848. The first-order valence-electron chi connectivity index (χ1n) is 8.96. The minimum atomic E-state index is -0.171. The van der Waals surface area contributed by atoms with Gasteiger partial charge >= 0.3 is 0 Å². The highest BCUT2D eigenvalue weighted by atomic mass is 16.6. The summed E-state index contributed by atoms with van der Waals surface area (Å²) in [6, 6.07) is 0.256. The zero-order valence-electron chi connectivity index (χ0n) is 15.2. The summed E-state index contributed by atoms with van der Waals surface area (Å²) in [5.74, 6) is 0.783. The van der Waals surface area contributed by atoms with E-state index in [-0.39, 0.29) is 24.2 Å². The second-order valence-electron chi connectivity index (χ2n) is 7.61. The molecule has 3 N–H and O–H groups in total. The van der Waals surface area contributed by atoms with Crippen LogP contribution in [-0.4, -0.2) is 61.1 Å². The smallest absolute Gasteiger partial charge is 0.261 e. The molecule has 7 nitrogen and oxygen atoms in total. The average molecular weight is 340 g/mol. The summed E-state index contributed by atoms with van der Waals surface area (Å²) in [4.78, 5) is 19.2. The van der Waals surface area contributed by atoms with E-state index in [2.05, 4.69) is 36.1 Å². The maximum Gasteiger partial charge on any atom is 0.261 e. The van der Waals surface area contributed by atoms with Crippen molar-refractivity contribution < 1.29 is 14.4 Å². The van der Waals surface area contributed by atoms with E-state index >= 15 is 0 Å². The third-order valence-corrected chi connectivity index (χ3v) is 4.73. The van der Waals surface area contributed by atoms with Gasteiger partial charge in [0.1, 0.15) is 0 Å². The van der Waals surface area contributed by atoms with Crippen LogP contribution in [-0.2, 0) is 14.4 Å². The lowest BCUT2D eigenvalue weighted by Crippen LogP contribution is -2.50. The van der Waals surface area contributed by atoms with Crippen LogP contribution in [0.4, 0.5) is 0 Å². The number of ether oxygens (including phenoxy) is 1. The number of nitrogens with two attached hydrogens (primary N) is 1. The third-order valence-electron chi connectivity index (χ3n) is 4.73. The van der Waals surface area contributed by atoms with E-state index in [1.54, 1.807) is 0 Å². The SMILES string of the molecule is C[C@@H]1CCCC[C@@H]1NC(=O)CO/N=C(\N)CN1CCOC(C)(C)C1. The molecular formula is C17H32N4O3. The molecule has 1 aliphatic heterocycles. The minimum Gasteiger partial charge on any atom is -0.384 e. The van der Waals surface area contributed by atoms with Crippen LogP contribution in [0.5, 0.6) is 0 Å². The molecule has 138 valence electrons. The summed E-state index contributed by atoms with van der Waals surface area (Å²) in [5, 5.41) is 6.90. The van der Waals surface area contributed by atoms with Gasteiger partial charge in [-0.05, 0) is 32.6 Å². The Morgan fingerprint density at radius 3 is 2.88 bits per heavy atom. The summed E-state index contributed by atoms with van der Waals surface area (Å²) < 4.78 is 5.66. The van der Waals surface area contributed by atoms with Crippen LogP contribution < -0.4 is 11.1 Å².